The van der Waals surface area contributed by atoms with Gasteiger partial charge < -0.3 is 9.13 Å². The summed E-state index contributed by atoms with van der Waals surface area (Å²) in [4.78, 5) is 0. The SMILES string of the molecule is N#Cc1cccc(-c2ccccc2-c2ccccc2-c2ccccc2-c2cc(-n3c4ccccc4c4ccccc43)cc(-n3c4ccccc4c4ccccc43)c2)c1. The van der Waals surface area contributed by atoms with Gasteiger partial charge in [-0.3, -0.25) is 0 Å². The van der Waals surface area contributed by atoms with Crippen LogP contribution in [0.15, 0.2) is 212 Å². The van der Waals surface area contributed by atoms with E-state index in [1.807, 2.05) is 18.2 Å². The first-order valence-corrected chi connectivity index (χ1v) is 19.7. The number of rotatable bonds is 6. The first-order chi connectivity index (χ1) is 28.7. The van der Waals surface area contributed by atoms with Crippen LogP contribution in [0, 0.1) is 11.3 Å². The molecule has 0 fully saturated rings. The summed E-state index contributed by atoms with van der Waals surface area (Å²) in [7, 11) is 0. The summed E-state index contributed by atoms with van der Waals surface area (Å²) in [5, 5.41) is 14.7. The molecule has 0 aliphatic heterocycles. The molecule has 0 amide bonds. The molecule has 0 aliphatic rings. The zero-order valence-corrected chi connectivity index (χ0v) is 31.5. The first kappa shape index (κ1) is 33.4. The van der Waals surface area contributed by atoms with E-state index < -0.39 is 0 Å². The van der Waals surface area contributed by atoms with Crippen LogP contribution in [0.4, 0.5) is 0 Å². The van der Waals surface area contributed by atoms with Gasteiger partial charge in [0.25, 0.3) is 0 Å². The van der Waals surface area contributed by atoms with E-state index in [9.17, 15) is 5.26 Å². The van der Waals surface area contributed by atoms with Crippen LogP contribution in [0.25, 0.3) is 99.5 Å². The minimum absolute atomic E-state index is 0.646. The smallest absolute Gasteiger partial charge is 0.0991 e. The van der Waals surface area contributed by atoms with Gasteiger partial charge in [0.15, 0.2) is 0 Å². The van der Waals surface area contributed by atoms with Gasteiger partial charge in [0.2, 0.25) is 0 Å². The van der Waals surface area contributed by atoms with Crippen molar-refractivity contribution in [2.75, 3.05) is 0 Å². The van der Waals surface area contributed by atoms with E-state index in [0.717, 1.165) is 55.9 Å². The number of hydrogen-bond acceptors (Lipinski definition) is 1. The van der Waals surface area contributed by atoms with Gasteiger partial charge in [-0.1, -0.05) is 158 Å². The van der Waals surface area contributed by atoms with Gasteiger partial charge in [-0.2, -0.15) is 5.26 Å². The molecular weight excluding hydrogens is 703 g/mol. The molecule has 9 aromatic carbocycles. The number of nitriles is 1. The topological polar surface area (TPSA) is 33.6 Å². The Labute approximate surface area is 336 Å². The van der Waals surface area contributed by atoms with Crippen LogP contribution < -0.4 is 0 Å². The Hall–Kier alpha value is -7.93. The maximum absolute atomic E-state index is 9.74. The molecule has 0 saturated carbocycles. The zero-order valence-electron chi connectivity index (χ0n) is 31.5. The molecule has 0 radical (unpaired) electrons. The summed E-state index contributed by atoms with van der Waals surface area (Å²) in [6, 6.07) is 78.2. The van der Waals surface area contributed by atoms with Crippen molar-refractivity contribution in [3.05, 3.63) is 218 Å². The molecule has 11 aromatic rings. The molecule has 2 heterocycles. The molecule has 3 nitrogen and oxygen atoms in total. The molecule has 0 spiro atoms. The molecule has 0 atom stereocenters. The van der Waals surface area contributed by atoms with E-state index in [1.165, 1.54) is 43.6 Å². The lowest BCUT2D eigenvalue weighted by molar-refractivity contribution is 1.13. The molecule has 11 rings (SSSR count). The summed E-state index contributed by atoms with van der Waals surface area (Å²) in [5.74, 6) is 0. The van der Waals surface area contributed by atoms with Crippen LogP contribution >= 0.6 is 0 Å². The fraction of sp³-hybridized carbons (Fsp3) is 0. The van der Waals surface area contributed by atoms with E-state index in [0.29, 0.717) is 5.56 Å². The van der Waals surface area contributed by atoms with Gasteiger partial charge in [0.05, 0.1) is 33.7 Å². The number of para-hydroxylation sites is 4. The lowest BCUT2D eigenvalue weighted by Gasteiger charge is -2.19. The van der Waals surface area contributed by atoms with Crippen molar-refractivity contribution in [1.29, 1.82) is 5.26 Å². The number of fused-ring (bicyclic) bond motifs is 6. The molecule has 0 unspecified atom stereocenters. The highest BCUT2D eigenvalue weighted by atomic mass is 15.0. The number of nitrogens with zero attached hydrogens (tertiary/aromatic N) is 3. The summed E-state index contributed by atoms with van der Waals surface area (Å²) >= 11 is 0. The van der Waals surface area contributed by atoms with E-state index in [4.69, 9.17) is 0 Å². The van der Waals surface area contributed by atoms with Crippen LogP contribution in [-0.4, -0.2) is 9.13 Å². The first-order valence-electron chi connectivity index (χ1n) is 19.7. The molecule has 270 valence electrons. The molecule has 2 aromatic heterocycles. The molecule has 0 aliphatic carbocycles. The number of hydrogen-bond donors (Lipinski definition) is 0. The van der Waals surface area contributed by atoms with Crippen molar-refractivity contribution >= 4 is 43.6 Å². The average Bonchev–Trinajstić information content (AvgIpc) is 3.82. The van der Waals surface area contributed by atoms with Gasteiger partial charge >= 0.3 is 0 Å². The van der Waals surface area contributed by atoms with Crippen LogP contribution in [0.3, 0.4) is 0 Å². The van der Waals surface area contributed by atoms with Gasteiger partial charge in [-0.05, 0) is 99.1 Å². The largest absolute Gasteiger partial charge is 0.309 e. The van der Waals surface area contributed by atoms with Crippen molar-refractivity contribution in [3.63, 3.8) is 0 Å². The summed E-state index contributed by atoms with van der Waals surface area (Å²) < 4.78 is 4.85. The van der Waals surface area contributed by atoms with Crippen LogP contribution in [0.1, 0.15) is 5.56 Å². The highest BCUT2D eigenvalue weighted by Crippen LogP contribution is 2.43. The molecular formula is C55H35N3. The van der Waals surface area contributed by atoms with Gasteiger partial charge in [0.1, 0.15) is 0 Å². The van der Waals surface area contributed by atoms with Crippen molar-refractivity contribution < 1.29 is 0 Å². The Bertz CT molecular complexity index is 3190. The summed E-state index contributed by atoms with van der Waals surface area (Å²) in [5.41, 5.74) is 16.4. The monoisotopic (exact) mass is 737 g/mol. The third-order valence-corrected chi connectivity index (χ3v) is 11.6. The second-order valence-corrected chi connectivity index (χ2v) is 14.8. The van der Waals surface area contributed by atoms with Crippen LogP contribution in [0.5, 0.6) is 0 Å². The third-order valence-electron chi connectivity index (χ3n) is 11.6. The Balaban J connectivity index is 1.19. The maximum Gasteiger partial charge on any atom is 0.0991 e. The zero-order chi connectivity index (χ0) is 38.6. The third kappa shape index (κ3) is 5.35. The van der Waals surface area contributed by atoms with Crippen molar-refractivity contribution in [3.8, 4) is 62.0 Å². The van der Waals surface area contributed by atoms with Crippen molar-refractivity contribution in [2.45, 2.75) is 0 Å². The summed E-state index contributed by atoms with van der Waals surface area (Å²) in [6.07, 6.45) is 0. The molecule has 0 N–H and O–H groups in total. The quantitative estimate of drug-likeness (QED) is 0.167. The van der Waals surface area contributed by atoms with Gasteiger partial charge in [-0.15, -0.1) is 0 Å². The number of benzene rings is 9. The van der Waals surface area contributed by atoms with E-state index >= 15 is 0 Å². The fourth-order valence-electron chi connectivity index (χ4n) is 9.06. The van der Waals surface area contributed by atoms with Crippen LogP contribution in [0.2, 0.25) is 0 Å². The fourth-order valence-corrected chi connectivity index (χ4v) is 9.06. The second-order valence-electron chi connectivity index (χ2n) is 14.8. The predicted octanol–water partition coefficient (Wildman–Crippen LogP) is 14.4. The molecule has 0 bridgehead atoms. The van der Waals surface area contributed by atoms with Gasteiger partial charge in [0, 0.05) is 32.9 Å². The number of aromatic nitrogens is 2. The molecule has 3 heteroatoms. The Morgan fingerprint density at radius 3 is 1.05 bits per heavy atom. The minimum Gasteiger partial charge on any atom is -0.309 e. The van der Waals surface area contributed by atoms with Crippen molar-refractivity contribution in [1.82, 2.24) is 9.13 Å². The second kappa shape index (κ2) is 13.7. The molecule has 58 heavy (non-hydrogen) atoms. The lowest BCUT2D eigenvalue weighted by Crippen LogP contribution is -2.00. The van der Waals surface area contributed by atoms with E-state index in [-0.39, 0.29) is 0 Å². The average molecular weight is 738 g/mol. The standard InChI is InChI=1S/C55H35N3/c56-36-37-16-15-17-38(32-37)42-18-1-3-20-44(42)46-22-5-6-23-47(46)45-21-4-2-19-43(45)39-33-40(57-52-28-11-7-24-48(52)49-25-8-12-29-53(49)57)35-41(34-39)58-54-30-13-9-26-50(54)51-27-10-14-31-55(51)58/h1-35H. The van der Waals surface area contributed by atoms with Crippen molar-refractivity contribution in [2.24, 2.45) is 0 Å². The van der Waals surface area contributed by atoms with E-state index in [2.05, 4.69) is 209 Å². The van der Waals surface area contributed by atoms with E-state index in [1.54, 1.807) is 0 Å². The Morgan fingerprint density at radius 2 is 0.638 bits per heavy atom. The minimum atomic E-state index is 0.646. The Morgan fingerprint density at radius 1 is 0.293 bits per heavy atom. The predicted molar refractivity (Wildman–Crippen MR) is 242 cm³/mol. The highest BCUT2D eigenvalue weighted by molar-refractivity contribution is 6.11. The maximum atomic E-state index is 9.74. The Kier molecular flexibility index (Phi) is 7.88. The van der Waals surface area contributed by atoms with Crippen LogP contribution in [-0.2, 0) is 0 Å². The highest BCUT2D eigenvalue weighted by Gasteiger charge is 2.20. The normalized spacial score (nSPS) is 11.4. The lowest BCUT2D eigenvalue weighted by atomic mass is 9.86. The van der Waals surface area contributed by atoms with Gasteiger partial charge in [-0.25, -0.2) is 0 Å². The summed E-state index contributed by atoms with van der Waals surface area (Å²) in [6.45, 7) is 0. The molecule has 0 saturated heterocycles.